The Morgan fingerprint density at radius 2 is 2.24 bits per heavy atom. The van der Waals surface area contributed by atoms with Crippen LogP contribution in [0.2, 0.25) is 0 Å². The predicted molar refractivity (Wildman–Crippen MR) is 61.4 cm³/mol. The van der Waals surface area contributed by atoms with E-state index in [-0.39, 0.29) is 5.41 Å². The average Bonchev–Trinajstić information content (AvgIpc) is 2.72. The Labute approximate surface area is 102 Å². The highest BCUT2D eigenvalue weighted by Gasteiger charge is 2.48. The summed E-state index contributed by atoms with van der Waals surface area (Å²) in [6, 6.07) is 0. The molecule has 2 aliphatic rings. The smallest absolute Gasteiger partial charge is 0.412 e. The molecule has 5 heteroatoms. The molecule has 5 nitrogen and oxygen atoms in total. The SMILES string of the molecule is CC(C)(C)OC(=O)N1CC2(CCOC2)CC1O. The van der Waals surface area contributed by atoms with E-state index in [1.807, 2.05) is 20.8 Å². The maximum Gasteiger partial charge on any atom is 0.412 e. The van der Waals surface area contributed by atoms with Gasteiger partial charge in [-0.2, -0.15) is 0 Å². The summed E-state index contributed by atoms with van der Waals surface area (Å²) >= 11 is 0. The van der Waals surface area contributed by atoms with Crippen LogP contribution in [-0.2, 0) is 9.47 Å². The van der Waals surface area contributed by atoms with E-state index >= 15 is 0 Å². The summed E-state index contributed by atoms with van der Waals surface area (Å²) in [6.45, 7) is 7.34. The van der Waals surface area contributed by atoms with Crippen LogP contribution in [0.4, 0.5) is 4.79 Å². The number of carbonyl (C=O) groups excluding carboxylic acids is 1. The molecule has 98 valence electrons. The van der Waals surface area contributed by atoms with Crippen LogP contribution in [-0.4, -0.2) is 47.7 Å². The minimum atomic E-state index is -0.744. The highest BCUT2D eigenvalue weighted by atomic mass is 16.6. The minimum Gasteiger partial charge on any atom is -0.444 e. The van der Waals surface area contributed by atoms with Gasteiger partial charge in [-0.25, -0.2) is 4.79 Å². The molecule has 17 heavy (non-hydrogen) atoms. The summed E-state index contributed by atoms with van der Waals surface area (Å²) in [4.78, 5) is 13.3. The summed E-state index contributed by atoms with van der Waals surface area (Å²) in [5.74, 6) is 0. The number of likely N-dealkylation sites (tertiary alicyclic amines) is 1. The molecule has 0 aromatic heterocycles. The standard InChI is InChI=1S/C12H21NO4/c1-11(2,3)17-10(15)13-7-12(6-9(13)14)4-5-16-8-12/h9,14H,4-8H2,1-3H3. The fraction of sp³-hybridized carbons (Fsp3) is 0.917. The van der Waals surface area contributed by atoms with Gasteiger partial charge in [-0.05, 0) is 27.2 Å². The summed E-state index contributed by atoms with van der Waals surface area (Å²) < 4.78 is 10.7. The third-order valence-electron chi connectivity index (χ3n) is 3.29. The number of rotatable bonds is 0. The fourth-order valence-electron chi connectivity index (χ4n) is 2.47. The van der Waals surface area contributed by atoms with Crippen molar-refractivity contribution in [3.05, 3.63) is 0 Å². The summed E-state index contributed by atoms with van der Waals surface area (Å²) in [5.41, 5.74) is -0.588. The summed E-state index contributed by atoms with van der Waals surface area (Å²) in [6.07, 6.45) is 0.315. The second kappa shape index (κ2) is 4.14. The molecule has 2 unspecified atom stereocenters. The number of hydrogen-bond donors (Lipinski definition) is 1. The van der Waals surface area contributed by atoms with E-state index in [2.05, 4.69) is 0 Å². The van der Waals surface area contributed by atoms with Crippen molar-refractivity contribution in [1.29, 1.82) is 0 Å². The lowest BCUT2D eigenvalue weighted by atomic mass is 9.86. The monoisotopic (exact) mass is 243 g/mol. The zero-order valence-electron chi connectivity index (χ0n) is 10.7. The van der Waals surface area contributed by atoms with Gasteiger partial charge >= 0.3 is 6.09 Å². The Hall–Kier alpha value is -0.810. The summed E-state index contributed by atoms with van der Waals surface area (Å²) in [5, 5.41) is 9.95. The normalized spacial score (nSPS) is 33.4. The first-order valence-electron chi connectivity index (χ1n) is 6.07. The highest BCUT2D eigenvalue weighted by molar-refractivity contribution is 5.69. The summed E-state index contributed by atoms with van der Waals surface area (Å²) in [7, 11) is 0. The third kappa shape index (κ3) is 2.72. The van der Waals surface area contributed by atoms with Crippen molar-refractivity contribution in [3.63, 3.8) is 0 Å². The van der Waals surface area contributed by atoms with Crippen LogP contribution in [0, 0.1) is 5.41 Å². The first-order chi connectivity index (χ1) is 7.81. The molecule has 1 N–H and O–H groups in total. The van der Waals surface area contributed by atoms with Gasteiger partial charge in [0.2, 0.25) is 0 Å². The van der Waals surface area contributed by atoms with E-state index in [9.17, 15) is 9.90 Å². The Balaban J connectivity index is 2.00. The molecule has 0 bridgehead atoms. The van der Waals surface area contributed by atoms with Gasteiger partial charge < -0.3 is 14.6 Å². The van der Waals surface area contributed by atoms with Crippen molar-refractivity contribution in [2.24, 2.45) is 5.41 Å². The van der Waals surface area contributed by atoms with Gasteiger partial charge in [0.25, 0.3) is 0 Å². The lowest BCUT2D eigenvalue weighted by molar-refractivity contribution is -0.0129. The maximum absolute atomic E-state index is 11.9. The average molecular weight is 243 g/mol. The molecule has 2 aliphatic heterocycles. The molecule has 2 heterocycles. The molecule has 0 saturated carbocycles. The van der Waals surface area contributed by atoms with Crippen molar-refractivity contribution in [2.45, 2.75) is 45.4 Å². The Morgan fingerprint density at radius 1 is 1.53 bits per heavy atom. The lowest BCUT2D eigenvalue weighted by Gasteiger charge is -2.27. The van der Waals surface area contributed by atoms with Gasteiger partial charge in [-0.15, -0.1) is 0 Å². The topological polar surface area (TPSA) is 59.0 Å². The van der Waals surface area contributed by atoms with Gasteiger partial charge in [0.15, 0.2) is 0 Å². The van der Waals surface area contributed by atoms with Gasteiger partial charge in [0, 0.05) is 25.0 Å². The fourth-order valence-corrected chi connectivity index (χ4v) is 2.47. The van der Waals surface area contributed by atoms with Crippen LogP contribution in [0.15, 0.2) is 0 Å². The molecule has 2 saturated heterocycles. The third-order valence-corrected chi connectivity index (χ3v) is 3.29. The second-order valence-corrected chi connectivity index (χ2v) is 6.10. The number of aliphatic hydroxyl groups excluding tert-OH is 1. The van der Waals surface area contributed by atoms with E-state index < -0.39 is 17.9 Å². The zero-order valence-corrected chi connectivity index (χ0v) is 10.7. The largest absolute Gasteiger partial charge is 0.444 e. The molecule has 2 atom stereocenters. The second-order valence-electron chi connectivity index (χ2n) is 6.10. The van der Waals surface area contributed by atoms with E-state index in [0.717, 1.165) is 13.0 Å². The van der Waals surface area contributed by atoms with E-state index in [0.29, 0.717) is 19.6 Å². The first kappa shape index (κ1) is 12.6. The van der Waals surface area contributed by atoms with E-state index in [1.54, 1.807) is 0 Å². The van der Waals surface area contributed by atoms with Crippen LogP contribution in [0.5, 0.6) is 0 Å². The van der Waals surface area contributed by atoms with Crippen molar-refractivity contribution in [1.82, 2.24) is 4.90 Å². The van der Waals surface area contributed by atoms with Gasteiger partial charge in [-0.1, -0.05) is 0 Å². The molecule has 2 fully saturated rings. The van der Waals surface area contributed by atoms with Crippen molar-refractivity contribution in [3.8, 4) is 0 Å². The van der Waals surface area contributed by atoms with Crippen LogP contribution in [0.25, 0.3) is 0 Å². The van der Waals surface area contributed by atoms with E-state index in [4.69, 9.17) is 9.47 Å². The Morgan fingerprint density at radius 3 is 2.76 bits per heavy atom. The van der Waals surface area contributed by atoms with Crippen LogP contribution in [0.3, 0.4) is 0 Å². The highest BCUT2D eigenvalue weighted by Crippen LogP contribution is 2.41. The quantitative estimate of drug-likeness (QED) is 0.697. The molecule has 1 amide bonds. The predicted octanol–water partition coefficient (Wildman–Crippen LogP) is 1.35. The molecular weight excluding hydrogens is 222 g/mol. The van der Waals surface area contributed by atoms with Gasteiger partial charge in [-0.3, -0.25) is 4.90 Å². The van der Waals surface area contributed by atoms with Crippen molar-refractivity contribution >= 4 is 6.09 Å². The molecule has 0 aliphatic carbocycles. The van der Waals surface area contributed by atoms with Crippen molar-refractivity contribution in [2.75, 3.05) is 19.8 Å². The van der Waals surface area contributed by atoms with Crippen LogP contribution < -0.4 is 0 Å². The number of hydrogen-bond acceptors (Lipinski definition) is 4. The number of carbonyl (C=O) groups is 1. The number of aliphatic hydroxyl groups is 1. The zero-order chi connectivity index (χ0) is 12.7. The van der Waals surface area contributed by atoms with Crippen molar-refractivity contribution < 1.29 is 19.4 Å². The minimum absolute atomic E-state index is 0.0592. The Bertz CT molecular complexity index is 304. The van der Waals surface area contributed by atoms with E-state index in [1.165, 1.54) is 4.90 Å². The molecular formula is C12H21NO4. The number of amides is 1. The van der Waals surface area contributed by atoms with Gasteiger partial charge in [0.05, 0.1) is 6.61 Å². The number of nitrogens with zero attached hydrogens (tertiary/aromatic N) is 1. The lowest BCUT2D eigenvalue weighted by Crippen LogP contribution is -2.40. The van der Waals surface area contributed by atoms with Crippen LogP contribution >= 0.6 is 0 Å². The number of ether oxygens (including phenoxy) is 2. The molecule has 0 aromatic carbocycles. The van der Waals surface area contributed by atoms with Crippen LogP contribution in [0.1, 0.15) is 33.6 Å². The molecule has 1 spiro atoms. The maximum atomic E-state index is 11.9. The molecule has 0 radical (unpaired) electrons. The van der Waals surface area contributed by atoms with Gasteiger partial charge in [0.1, 0.15) is 11.8 Å². The molecule has 0 aromatic rings. The molecule has 2 rings (SSSR count). The first-order valence-corrected chi connectivity index (χ1v) is 6.07. The Kier molecular flexibility index (Phi) is 3.08.